The highest BCUT2D eigenvalue weighted by Crippen LogP contribution is 2.27. The topological polar surface area (TPSA) is 83.3 Å². The van der Waals surface area contributed by atoms with Gasteiger partial charge in [0.1, 0.15) is 0 Å². The molecule has 0 aliphatic rings. The molecule has 0 radical (unpaired) electrons. The first-order valence-electron chi connectivity index (χ1n) is 11.0. The molecule has 166 valence electrons. The molecule has 1 aromatic rings. The minimum absolute atomic E-state index is 0.0514. The Bertz CT molecular complexity index is 626. The number of hydrogen-bond donors (Lipinski definition) is 0. The highest BCUT2D eigenvalue weighted by Gasteiger charge is 2.29. The molecule has 0 N–H and O–H groups in total. The van der Waals surface area contributed by atoms with E-state index >= 15 is 0 Å². The molecule has 0 saturated carbocycles. The molecule has 0 atom stereocenters. The van der Waals surface area contributed by atoms with Gasteiger partial charge in [-0.2, -0.15) is 0 Å². The molecule has 7 heteroatoms. The van der Waals surface area contributed by atoms with E-state index in [1.807, 2.05) is 0 Å². The Morgan fingerprint density at radius 1 is 0.862 bits per heavy atom. The van der Waals surface area contributed by atoms with E-state index in [1.165, 1.54) is 76.7 Å². The van der Waals surface area contributed by atoms with E-state index in [2.05, 4.69) is 31.1 Å². The standard InChI is InChI=1S/C22H39N3O4/c1-6-7-8-9-10-11-12-13-14-15-16-22(2,3)17-25-19(21(27)29-5)18(23-24-25)20(26)28-4/h6-17H2,1-5H3. The second kappa shape index (κ2) is 13.3. The Morgan fingerprint density at radius 2 is 1.38 bits per heavy atom. The highest BCUT2D eigenvalue weighted by molar-refractivity contribution is 6.00. The maximum Gasteiger partial charge on any atom is 0.361 e. The van der Waals surface area contributed by atoms with Crippen molar-refractivity contribution in [2.45, 2.75) is 97.9 Å². The van der Waals surface area contributed by atoms with Gasteiger partial charge >= 0.3 is 11.9 Å². The second-order valence-corrected chi connectivity index (χ2v) is 8.52. The molecule has 1 aromatic heterocycles. The van der Waals surface area contributed by atoms with E-state index in [-0.39, 0.29) is 16.8 Å². The van der Waals surface area contributed by atoms with Crippen LogP contribution in [0.1, 0.15) is 112 Å². The van der Waals surface area contributed by atoms with Crippen molar-refractivity contribution in [3.63, 3.8) is 0 Å². The van der Waals surface area contributed by atoms with Crippen LogP contribution in [-0.2, 0) is 16.0 Å². The third kappa shape index (κ3) is 8.96. The average Bonchev–Trinajstić information content (AvgIpc) is 3.10. The normalized spacial score (nSPS) is 11.5. The first-order chi connectivity index (χ1) is 13.9. The Labute approximate surface area is 175 Å². The van der Waals surface area contributed by atoms with Crippen molar-refractivity contribution in [1.29, 1.82) is 0 Å². The third-order valence-electron chi connectivity index (χ3n) is 5.28. The summed E-state index contributed by atoms with van der Waals surface area (Å²) >= 11 is 0. The van der Waals surface area contributed by atoms with Crippen LogP contribution < -0.4 is 0 Å². The smallest absolute Gasteiger partial charge is 0.361 e. The van der Waals surface area contributed by atoms with Gasteiger partial charge in [-0.15, -0.1) is 5.10 Å². The molecule has 1 heterocycles. The molecule has 0 aliphatic heterocycles. The molecule has 0 saturated heterocycles. The van der Waals surface area contributed by atoms with E-state index in [0.717, 1.165) is 12.8 Å². The van der Waals surface area contributed by atoms with Crippen LogP contribution in [0.4, 0.5) is 0 Å². The number of carbonyl (C=O) groups excluding carboxylic acids is 2. The molecule has 0 spiro atoms. The molecule has 0 aliphatic carbocycles. The summed E-state index contributed by atoms with van der Waals surface area (Å²) in [4.78, 5) is 24.0. The summed E-state index contributed by atoms with van der Waals surface area (Å²) in [6.45, 7) is 7.01. The van der Waals surface area contributed by atoms with Crippen LogP contribution in [0, 0.1) is 5.41 Å². The third-order valence-corrected chi connectivity index (χ3v) is 5.28. The summed E-state index contributed by atoms with van der Waals surface area (Å²) in [5.41, 5.74) is -0.131. The zero-order valence-corrected chi connectivity index (χ0v) is 19.0. The second-order valence-electron chi connectivity index (χ2n) is 8.52. The number of aromatic nitrogens is 3. The van der Waals surface area contributed by atoms with Crippen LogP contribution in [0.2, 0.25) is 0 Å². The van der Waals surface area contributed by atoms with E-state index < -0.39 is 11.9 Å². The fourth-order valence-corrected chi connectivity index (χ4v) is 3.53. The summed E-state index contributed by atoms with van der Waals surface area (Å²) in [6, 6.07) is 0. The van der Waals surface area contributed by atoms with Crippen molar-refractivity contribution >= 4 is 11.9 Å². The van der Waals surface area contributed by atoms with Crippen molar-refractivity contribution in [2.24, 2.45) is 5.41 Å². The zero-order valence-electron chi connectivity index (χ0n) is 19.0. The molecule has 0 unspecified atom stereocenters. The summed E-state index contributed by atoms with van der Waals surface area (Å²) in [5.74, 6) is -1.32. The molecule has 1 rings (SSSR count). The van der Waals surface area contributed by atoms with Crippen LogP contribution >= 0.6 is 0 Å². The molecule has 7 nitrogen and oxygen atoms in total. The number of hydrogen-bond acceptors (Lipinski definition) is 6. The van der Waals surface area contributed by atoms with Gasteiger partial charge in [-0.25, -0.2) is 14.3 Å². The highest BCUT2D eigenvalue weighted by atomic mass is 16.5. The van der Waals surface area contributed by atoms with Gasteiger partial charge in [-0.05, 0) is 11.8 Å². The van der Waals surface area contributed by atoms with Crippen LogP contribution in [-0.4, -0.2) is 41.2 Å². The molecular weight excluding hydrogens is 370 g/mol. The van der Waals surface area contributed by atoms with Gasteiger partial charge in [0.2, 0.25) is 5.69 Å². The lowest BCUT2D eigenvalue weighted by Gasteiger charge is -2.24. The Balaban J connectivity index is 2.45. The number of methoxy groups -OCH3 is 2. The molecule has 0 fully saturated rings. The lowest BCUT2D eigenvalue weighted by molar-refractivity contribution is 0.0540. The number of ether oxygens (including phenoxy) is 2. The quantitative estimate of drug-likeness (QED) is 0.293. The average molecular weight is 410 g/mol. The molecule has 29 heavy (non-hydrogen) atoms. The molecule has 0 aromatic carbocycles. The number of rotatable bonds is 15. The van der Waals surface area contributed by atoms with Crippen LogP contribution in [0.3, 0.4) is 0 Å². The van der Waals surface area contributed by atoms with E-state index in [9.17, 15) is 9.59 Å². The van der Waals surface area contributed by atoms with Gasteiger partial charge in [0, 0.05) is 6.54 Å². The van der Waals surface area contributed by atoms with Crippen molar-refractivity contribution in [3.05, 3.63) is 11.4 Å². The van der Waals surface area contributed by atoms with Gasteiger partial charge in [0.15, 0.2) is 5.69 Å². The fraction of sp³-hybridized carbons (Fsp3) is 0.818. The first-order valence-corrected chi connectivity index (χ1v) is 11.0. The van der Waals surface area contributed by atoms with Crippen LogP contribution in [0.25, 0.3) is 0 Å². The Hall–Kier alpha value is -1.92. The zero-order chi connectivity index (χ0) is 21.7. The van der Waals surface area contributed by atoms with Gasteiger partial charge in [0.05, 0.1) is 14.2 Å². The number of unbranched alkanes of at least 4 members (excludes halogenated alkanes) is 9. The minimum atomic E-state index is -0.691. The maximum absolute atomic E-state index is 12.1. The van der Waals surface area contributed by atoms with Crippen molar-refractivity contribution < 1.29 is 19.1 Å². The Kier molecular flexibility index (Phi) is 11.5. The monoisotopic (exact) mass is 409 g/mol. The van der Waals surface area contributed by atoms with Gasteiger partial charge in [-0.3, -0.25) is 0 Å². The van der Waals surface area contributed by atoms with E-state index in [4.69, 9.17) is 9.47 Å². The summed E-state index contributed by atoms with van der Waals surface area (Å²) in [5, 5.41) is 7.84. The van der Waals surface area contributed by atoms with E-state index in [1.54, 1.807) is 0 Å². The largest absolute Gasteiger partial charge is 0.464 e. The SMILES string of the molecule is CCCCCCCCCCCCC(C)(C)Cn1nnc(C(=O)OC)c1C(=O)OC. The van der Waals surface area contributed by atoms with E-state index in [0.29, 0.717) is 6.54 Å². The van der Waals surface area contributed by atoms with Crippen molar-refractivity contribution in [1.82, 2.24) is 15.0 Å². The Morgan fingerprint density at radius 3 is 1.90 bits per heavy atom. The maximum atomic E-state index is 12.1. The van der Waals surface area contributed by atoms with Gasteiger partial charge in [0.25, 0.3) is 0 Å². The number of nitrogens with zero attached hydrogens (tertiary/aromatic N) is 3. The number of esters is 2. The van der Waals surface area contributed by atoms with Crippen LogP contribution in [0.15, 0.2) is 0 Å². The lowest BCUT2D eigenvalue weighted by Crippen LogP contribution is -2.24. The summed E-state index contributed by atoms with van der Waals surface area (Å²) in [6.07, 6.45) is 14.0. The van der Waals surface area contributed by atoms with Crippen LogP contribution in [0.5, 0.6) is 0 Å². The molecule has 0 amide bonds. The number of carbonyl (C=O) groups is 2. The summed E-state index contributed by atoms with van der Waals surface area (Å²) < 4.78 is 11.0. The van der Waals surface area contributed by atoms with Crippen molar-refractivity contribution in [2.75, 3.05) is 14.2 Å². The molecular formula is C22H39N3O4. The first kappa shape index (κ1) is 25.1. The van der Waals surface area contributed by atoms with Gasteiger partial charge < -0.3 is 9.47 Å². The minimum Gasteiger partial charge on any atom is -0.464 e. The fourth-order valence-electron chi connectivity index (χ4n) is 3.53. The molecule has 0 bridgehead atoms. The predicted molar refractivity (Wildman–Crippen MR) is 113 cm³/mol. The lowest BCUT2D eigenvalue weighted by atomic mass is 9.86. The summed E-state index contributed by atoms with van der Waals surface area (Å²) in [7, 11) is 2.52. The van der Waals surface area contributed by atoms with Gasteiger partial charge in [-0.1, -0.05) is 90.2 Å². The van der Waals surface area contributed by atoms with Crippen molar-refractivity contribution in [3.8, 4) is 0 Å². The predicted octanol–water partition coefficient (Wildman–Crippen LogP) is 5.19.